The van der Waals surface area contributed by atoms with E-state index in [1.807, 2.05) is 20.8 Å². The van der Waals surface area contributed by atoms with Gasteiger partial charge >= 0.3 is 5.69 Å². The summed E-state index contributed by atoms with van der Waals surface area (Å²) in [7, 11) is 1.66. The lowest BCUT2D eigenvalue weighted by atomic mass is 10.1. The minimum absolute atomic E-state index is 0.00111. The maximum atomic E-state index is 11.2. The van der Waals surface area contributed by atoms with Gasteiger partial charge in [0.2, 0.25) is 5.82 Å². The van der Waals surface area contributed by atoms with Gasteiger partial charge in [-0.15, -0.1) is 0 Å². The van der Waals surface area contributed by atoms with Gasteiger partial charge in [0.05, 0.1) is 11.0 Å². The van der Waals surface area contributed by atoms with E-state index in [0.717, 1.165) is 6.42 Å². The van der Waals surface area contributed by atoms with Crippen molar-refractivity contribution in [3.05, 3.63) is 15.8 Å². The van der Waals surface area contributed by atoms with Crippen LogP contribution in [-0.4, -0.2) is 32.5 Å². The summed E-state index contributed by atoms with van der Waals surface area (Å²) in [4.78, 5) is 10.8. The van der Waals surface area contributed by atoms with Gasteiger partial charge in [0.25, 0.3) is 0 Å². The first kappa shape index (κ1) is 15.4. The number of aliphatic hydroxyl groups excluding tert-OH is 1. The van der Waals surface area contributed by atoms with E-state index < -0.39 is 11.0 Å². The number of hydrogen-bond donors (Lipinski definition) is 2. The van der Waals surface area contributed by atoms with E-state index >= 15 is 0 Å². The second-order valence-corrected chi connectivity index (χ2v) is 4.94. The topological polar surface area (TPSA) is 93.2 Å². The first-order valence-electron chi connectivity index (χ1n) is 6.51. The van der Waals surface area contributed by atoms with E-state index in [2.05, 4.69) is 10.4 Å². The third-order valence-corrected chi connectivity index (χ3v) is 2.90. The van der Waals surface area contributed by atoms with Gasteiger partial charge in [0.15, 0.2) is 0 Å². The summed E-state index contributed by atoms with van der Waals surface area (Å²) in [5.74, 6) is 0.326. The highest BCUT2D eigenvalue weighted by Gasteiger charge is 2.28. The van der Waals surface area contributed by atoms with Crippen LogP contribution in [0.15, 0.2) is 0 Å². The quantitative estimate of drug-likeness (QED) is 0.584. The van der Waals surface area contributed by atoms with E-state index in [1.54, 1.807) is 7.05 Å². The Hall–Kier alpha value is -1.63. The van der Waals surface area contributed by atoms with Crippen molar-refractivity contribution in [3.8, 4) is 0 Å². The summed E-state index contributed by atoms with van der Waals surface area (Å²) in [6.45, 7) is 5.99. The predicted molar refractivity (Wildman–Crippen MR) is 73.4 cm³/mol. The highest BCUT2D eigenvalue weighted by atomic mass is 16.6. The molecule has 1 atom stereocenters. The number of rotatable bonds is 7. The number of nitro groups is 1. The number of nitrogens with one attached hydrogen (secondary N) is 1. The molecule has 0 radical (unpaired) electrons. The van der Waals surface area contributed by atoms with E-state index in [-0.39, 0.29) is 18.2 Å². The minimum atomic E-state index is -0.512. The first-order chi connectivity index (χ1) is 8.88. The molecule has 108 valence electrons. The van der Waals surface area contributed by atoms with Gasteiger partial charge in [0.1, 0.15) is 5.69 Å². The third kappa shape index (κ3) is 3.66. The zero-order chi connectivity index (χ0) is 14.6. The van der Waals surface area contributed by atoms with Crippen LogP contribution in [0.5, 0.6) is 0 Å². The molecule has 1 rings (SSSR count). The molecule has 0 aliphatic carbocycles. The SMILES string of the molecule is CCCC(O)CNc1c([N+](=O)[O-])c(C(C)C)nn1C. The fourth-order valence-electron chi connectivity index (χ4n) is 1.95. The molecule has 1 aromatic heterocycles. The van der Waals surface area contributed by atoms with Gasteiger partial charge in [-0.05, 0) is 6.42 Å². The van der Waals surface area contributed by atoms with Gasteiger partial charge in [-0.2, -0.15) is 5.10 Å². The Morgan fingerprint density at radius 2 is 2.16 bits per heavy atom. The molecular weight excluding hydrogens is 248 g/mol. The molecule has 19 heavy (non-hydrogen) atoms. The van der Waals surface area contributed by atoms with Gasteiger partial charge in [-0.1, -0.05) is 27.2 Å². The maximum Gasteiger partial charge on any atom is 0.334 e. The highest BCUT2D eigenvalue weighted by molar-refractivity contribution is 5.60. The van der Waals surface area contributed by atoms with Gasteiger partial charge in [-0.25, -0.2) is 4.68 Å². The van der Waals surface area contributed by atoms with Crippen molar-refractivity contribution in [3.63, 3.8) is 0 Å². The fourth-order valence-corrected chi connectivity index (χ4v) is 1.95. The Kier molecular flexibility index (Phi) is 5.29. The molecule has 2 N–H and O–H groups in total. The number of aromatic nitrogens is 2. The lowest BCUT2D eigenvalue weighted by molar-refractivity contribution is -0.384. The highest BCUT2D eigenvalue weighted by Crippen LogP contribution is 2.32. The largest absolute Gasteiger partial charge is 0.391 e. The minimum Gasteiger partial charge on any atom is -0.391 e. The van der Waals surface area contributed by atoms with Crippen molar-refractivity contribution >= 4 is 11.5 Å². The third-order valence-electron chi connectivity index (χ3n) is 2.90. The molecule has 0 bridgehead atoms. The monoisotopic (exact) mass is 270 g/mol. The zero-order valence-electron chi connectivity index (χ0n) is 11.9. The van der Waals surface area contributed by atoms with Crippen LogP contribution < -0.4 is 5.32 Å². The van der Waals surface area contributed by atoms with Gasteiger partial charge in [0, 0.05) is 19.5 Å². The molecule has 7 heteroatoms. The average molecular weight is 270 g/mol. The van der Waals surface area contributed by atoms with Crippen molar-refractivity contribution in [1.82, 2.24) is 9.78 Å². The fraction of sp³-hybridized carbons (Fsp3) is 0.750. The standard InChI is InChI=1S/C12H22N4O3/c1-5-6-9(17)7-13-12-11(16(18)19)10(8(2)3)14-15(12)4/h8-9,13,17H,5-7H2,1-4H3. The van der Waals surface area contributed by atoms with Crippen LogP contribution in [-0.2, 0) is 7.05 Å². The molecule has 7 nitrogen and oxygen atoms in total. The van der Waals surface area contributed by atoms with Crippen molar-refractivity contribution in [2.75, 3.05) is 11.9 Å². The molecule has 0 spiro atoms. The zero-order valence-corrected chi connectivity index (χ0v) is 11.9. The summed E-state index contributed by atoms with van der Waals surface area (Å²) in [6.07, 6.45) is 1.02. The van der Waals surface area contributed by atoms with Crippen molar-refractivity contribution in [1.29, 1.82) is 0 Å². The Balaban J connectivity index is 2.96. The van der Waals surface area contributed by atoms with Crippen LogP contribution in [0, 0.1) is 10.1 Å². The van der Waals surface area contributed by atoms with E-state index in [9.17, 15) is 15.2 Å². The van der Waals surface area contributed by atoms with Gasteiger partial charge < -0.3 is 10.4 Å². The summed E-state index contributed by atoms with van der Waals surface area (Å²) < 4.78 is 1.46. The maximum absolute atomic E-state index is 11.2. The average Bonchev–Trinajstić information content (AvgIpc) is 2.64. The molecule has 0 amide bonds. The van der Waals surface area contributed by atoms with Crippen LogP contribution in [0.1, 0.15) is 45.2 Å². The van der Waals surface area contributed by atoms with Crippen molar-refractivity contribution in [2.45, 2.75) is 45.6 Å². The van der Waals surface area contributed by atoms with E-state index in [1.165, 1.54) is 4.68 Å². The van der Waals surface area contributed by atoms with E-state index in [4.69, 9.17) is 0 Å². The molecule has 0 saturated heterocycles. The molecule has 0 aliphatic heterocycles. The van der Waals surface area contributed by atoms with Crippen LogP contribution >= 0.6 is 0 Å². The molecule has 1 aromatic rings. The number of anilines is 1. The molecule has 0 saturated carbocycles. The number of nitrogens with zero attached hydrogens (tertiary/aromatic N) is 3. The predicted octanol–water partition coefficient (Wildman–Crippen LogP) is 2.02. The van der Waals surface area contributed by atoms with Gasteiger partial charge in [-0.3, -0.25) is 10.1 Å². The summed E-state index contributed by atoms with van der Waals surface area (Å²) in [5, 5.41) is 28.0. The second kappa shape index (κ2) is 6.51. The molecule has 1 heterocycles. The lowest BCUT2D eigenvalue weighted by Crippen LogP contribution is -2.20. The Labute approximate surface area is 112 Å². The Morgan fingerprint density at radius 3 is 2.63 bits per heavy atom. The smallest absolute Gasteiger partial charge is 0.334 e. The van der Waals surface area contributed by atoms with Crippen LogP contribution in [0.25, 0.3) is 0 Å². The van der Waals surface area contributed by atoms with E-state index in [0.29, 0.717) is 17.9 Å². The van der Waals surface area contributed by atoms with Crippen LogP contribution in [0.4, 0.5) is 11.5 Å². The summed E-state index contributed by atoms with van der Waals surface area (Å²) >= 11 is 0. The lowest BCUT2D eigenvalue weighted by Gasteiger charge is -2.11. The normalized spacial score (nSPS) is 12.7. The number of hydrogen-bond acceptors (Lipinski definition) is 5. The molecular formula is C12H22N4O3. The number of aryl methyl sites for hydroxylation is 1. The summed E-state index contributed by atoms with van der Waals surface area (Å²) in [6, 6.07) is 0. The molecule has 1 unspecified atom stereocenters. The first-order valence-corrected chi connectivity index (χ1v) is 6.51. The number of aliphatic hydroxyl groups is 1. The molecule has 0 aromatic carbocycles. The van der Waals surface area contributed by atoms with Crippen LogP contribution in [0.3, 0.4) is 0 Å². The Bertz CT molecular complexity index is 442. The van der Waals surface area contributed by atoms with Crippen molar-refractivity contribution in [2.24, 2.45) is 7.05 Å². The summed E-state index contributed by atoms with van der Waals surface area (Å²) in [5.41, 5.74) is 0.459. The Morgan fingerprint density at radius 1 is 1.53 bits per heavy atom. The van der Waals surface area contributed by atoms with Crippen LogP contribution in [0.2, 0.25) is 0 Å². The van der Waals surface area contributed by atoms with Crippen molar-refractivity contribution < 1.29 is 10.0 Å². The molecule has 0 aliphatic rings. The molecule has 0 fully saturated rings. The second-order valence-electron chi connectivity index (χ2n) is 4.94.